The highest BCUT2D eigenvalue weighted by Gasteiger charge is 2.24. The van der Waals surface area contributed by atoms with Crippen molar-refractivity contribution in [2.75, 3.05) is 4.72 Å². The van der Waals surface area contributed by atoms with Crippen LogP contribution in [0.4, 0.5) is 11.4 Å². The Bertz CT molecular complexity index is 699. The minimum absolute atomic E-state index is 0.0305. The highest BCUT2D eigenvalue weighted by molar-refractivity contribution is 7.93. The van der Waals surface area contributed by atoms with Crippen LogP contribution < -0.4 is 4.72 Å². The summed E-state index contributed by atoms with van der Waals surface area (Å²) in [5.74, 6) is 0. The number of hydrogen-bond donors (Lipinski definition) is 1. The van der Waals surface area contributed by atoms with E-state index < -0.39 is 25.9 Å². The summed E-state index contributed by atoms with van der Waals surface area (Å²) in [5, 5.41) is 26.7. The minimum atomic E-state index is -4.04. The van der Waals surface area contributed by atoms with Crippen molar-refractivity contribution in [1.29, 1.82) is 10.5 Å². The first-order chi connectivity index (χ1) is 8.81. The molecule has 8 nitrogen and oxygen atoms in total. The largest absolute Gasteiger partial charge is 0.294 e. The number of sulfonamides is 1. The minimum Gasteiger partial charge on any atom is -0.276 e. The van der Waals surface area contributed by atoms with Gasteiger partial charge in [0, 0.05) is 6.07 Å². The zero-order valence-electron chi connectivity index (χ0n) is 9.69. The summed E-state index contributed by atoms with van der Waals surface area (Å²) < 4.78 is 25.2. The molecule has 0 aliphatic rings. The van der Waals surface area contributed by atoms with Gasteiger partial charge in [-0.1, -0.05) is 0 Å². The number of nitro benzene ring substituents is 1. The fourth-order valence-electron chi connectivity index (χ4n) is 1.15. The van der Waals surface area contributed by atoms with Gasteiger partial charge in [-0.3, -0.25) is 14.8 Å². The van der Waals surface area contributed by atoms with Gasteiger partial charge >= 0.3 is 0 Å². The summed E-state index contributed by atoms with van der Waals surface area (Å²) in [7, 11) is -4.04. The Morgan fingerprint density at radius 3 is 2.53 bits per heavy atom. The Kier molecular flexibility index (Phi) is 4.04. The Hall–Kier alpha value is -2.65. The van der Waals surface area contributed by atoms with Gasteiger partial charge in [-0.05, 0) is 19.1 Å². The lowest BCUT2D eigenvalue weighted by atomic mass is 10.2. The fourth-order valence-corrected chi connectivity index (χ4v) is 1.94. The topological polar surface area (TPSA) is 137 Å². The monoisotopic (exact) mass is 280 g/mol. The number of anilines is 1. The van der Waals surface area contributed by atoms with Gasteiger partial charge in [-0.2, -0.15) is 10.5 Å². The number of nitriles is 2. The molecule has 1 unspecified atom stereocenters. The number of nitro groups is 1. The smallest absolute Gasteiger partial charge is 0.276 e. The van der Waals surface area contributed by atoms with E-state index >= 15 is 0 Å². The van der Waals surface area contributed by atoms with Crippen LogP contribution in [-0.4, -0.2) is 18.6 Å². The van der Waals surface area contributed by atoms with Crippen molar-refractivity contribution < 1.29 is 13.3 Å². The third kappa shape index (κ3) is 3.18. The third-order valence-electron chi connectivity index (χ3n) is 2.22. The molecule has 0 heterocycles. The van der Waals surface area contributed by atoms with Crippen LogP contribution in [0.5, 0.6) is 0 Å². The summed E-state index contributed by atoms with van der Waals surface area (Å²) in [4.78, 5) is 10.0. The number of nitrogens with one attached hydrogen (secondary N) is 1. The predicted octanol–water partition coefficient (Wildman–Crippen LogP) is 1.12. The van der Waals surface area contributed by atoms with Gasteiger partial charge in [0.25, 0.3) is 5.69 Å². The van der Waals surface area contributed by atoms with E-state index in [0.29, 0.717) is 0 Å². The first kappa shape index (κ1) is 14.4. The molecule has 0 aliphatic heterocycles. The summed E-state index contributed by atoms with van der Waals surface area (Å²) in [6.45, 7) is 1.15. The van der Waals surface area contributed by atoms with Crippen LogP contribution in [0.1, 0.15) is 12.5 Å². The normalized spacial score (nSPS) is 11.9. The van der Waals surface area contributed by atoms with Crippen molar-refractivity contribution in [3.05, 3.63) is 33.9 Å². The van der Waals surface area contributed by atoms with E-state index in [2.05, 4.69) is 0 Å². The van der Waals surface area contributed by atoms with E-state index in [4.69, 9.17) is 10.5 Å². The maximum Gasteiger partial charge on any atom is 0.294 e. The van der Waals surface area contributed by atoms with Crippen molar-refractivity contribution in [3.8, 4) is 12.1 Å². The lowest BCUT2D eigenvalue weighted by Gasteiger charge is -2.09. The molecule has 0 saturated carbocycles. The molecule has 0 radical (unpaired) electrons. The summed E-state index contributed by atoms with van der Waals surface area (Å²) >= 11 is 0. The molecule has 1 N–H and O–H groups in total. The lowest BCUT2D eigenvalue weighted by molar-refractivity contribution is -0.383. The summed E-state index contributed by atoms with van der Waals surface area (Å²) in [6.07, 6.45) is 0. The molecule has 1 rings (SSSR count). The Labute approximate surface area is 109 Å². The molecule has 1 aromatic carbocycles. The zero-order valence-corrected chi connectivity index (χ0v) is 10.5. The third-order valence-corrected chi connectivity index (χ3v) is 3.76. The second kappa shape index (κ2) is 5.33. The zero-order chi connectivity index (χ0) is 14.6. The van der Waals surface area contributed by atoms with Crippen LogP contribution in [0, 0.1) is 32.8 Å². The summed E-state index contributed by atoms with van der Waals surface area (Å²) in [6, 6.07) is 6.54. The van der Waals surface area contributed by atoms with Crippen LogP contribution in [0.3, 0.4) is 0 Å². The molecule has 0 aromatic heterocycles. The van der Waals surface area contributed by atoms with Gasteiger partial charge in [0.05, 0.1) is 22.6 Å². The average Bonchev–Trinajstić information content (AvgIpc) is 2.37. The van der Waals surface area contributed by atoms with Gasteiger partial charge in [-0.25, -0.2) is 8.42 Å². The van der Waals surface area contributed by atoms with Crippen LogP contribution in [0.25, 0.3) is 0 Å². The SMILES string of the molecule is CC(C#N)S(=O)(=O)Nc1ccc(C#N)cc1[N+](=O)[O-]. The van der Waals surface area contributed by atoms with Crippen LogP contribution in [0.15, 0.2) is 18.2 Å². The maximum absolute atomic E-state index is 11.6. The highest BCUT2D eigenvalue weighted by Crippen LogP contribution is 2.26. The summed E-state index contributed by atoms with van der Waals surface area (Å²) in [5.41, 5.74) is -0.804. The molecular weight excluding hydrogens is 272 g/mol. The van der Waals surface area contributed by atoms with Gasteiger partial charge in [-0.15, -0.1) is 0 Å². The number of hydrogen-bond acceptors (Lipinski definition) is 6. The molecule has 1 aromatic rings. The molecule has 98 valence electrons. The van der Waals surface area contributed by atoms with Crippen molar-refractivity contribution in [1.82, 2.24) is 0 Å². The van der Waals surface area contributed by atoms with Crippen LogP contribution >= 0.6 is 0 Å². The molecule has 0 bridgehead atoms. The Morgan fingerprint density at radius 1 is 1.42 bits per heavy atom. The van der Waals surface area contributed by atoms with Crippen LogP contribution in [-0.2, 0) is 10.0 Å². The van der Waals surface area contributed by atoms with Gasteiger partial charge < -0.3 is 0 Å². The molecular formula is C10H8N4O4S. The average molecular weight is 280 g/mol. The van der Waals surface area contributed by atoms with Gasteiger partial charge in [0.15, 0.2) is 5.25 Å². The van der Waals surface area contributed by atoms with Gasteiger partial charge in [0.1, 0.15) is 5.69 Å². The fraction of sp³-hybridized carbons (Fsp3) is 0.200. The van der Waals surface area contributed by atoms with Crippen molar-refractivity contribution in [2.45, 2.75) is 12.2 Å². The molecule has 9 heteroatoms. The number of nitrogens with zero attached hydrogens (tertiary/aromatic N) is 3. The molecule has 0 fully saturated rings. The van der Waals surface area contributed by atoms with Crippen LogP contribution in [0.2, 0.25) is 0 Å². The van der Waals surface area contributed by atoms with E-state index in [1.54, 1.807) is 6.07 Å². The maximum atomic E-state index is 11.6. The first-order valence-corrected chi connectivity index (χ1v) is 6.46. The predicted molar refractivity (Wildman–Crippen MR) is 65.4 cm³/mol. The quantitative estimate of drug-likeness (QED) is 0.648. The molecule has 0 amide bonds. The standard InChI is InChI=1S/C10H8N4O4S/c1-7(5-11)19(17,18)13-9-3-2-8(6-12)4-10(9)14(15)16/h2-4,7,13H,1H3. The van der Waals surface area contributed by atoms with E-state index in [1.165, 1.54) is 12.1 Å². The van der Waals surface area contributed by atoms with Gasteiger partial charge in [0.2, 0.25) is 10.0 Å². The molecule has 1 atom stereocenters. The highest BCUT2D eigenvalue weighted by atomic mass is 32.2. The first-order valence-electron chi connectivity index (χ1n) is 4.91. The van der Waals surface area contributed by atoms with E-state index in [9.17, 15) is 18.5 Å². The Morgan fingerprint density at radius 2 is 2.05 bits per heavy atom. The van der Waals surface area contributed by atoms with Crippen molar-refractivity contribution >= 4 is 21.4 Å². The van der Waals surface area contributed by atoms with E-state index in [0.717, 1.165) is 19.1 Å². The van der Waals surface area contributed by atoms with E-state index in [1.807, 2.05) is 4.72 Å². The second-order valence-corrected chi connectivity index (χ2v) is 5.52. The second-order valence-electron chi connectivity index (χ2n) is 3.52. The molecule has 0 aliphatic carbocycles. The lowest BCUT2D eigenvalue weighted by Crippen LogP contribution is -2.24. The number of rotatable bonds is 4. The van der Waals surface area contributed by atoms with Crippen molar-refractivity contribution in [2.24, 2.45) is 0 Å². The molecule has 0 spiro atoms. The number of benzene rings is 1. The van der Waals surface area contributed by atoms with E-state index in [-0.39, 0.29) is 11.3 Å². The Balaban J connectivity index is 3.27. The molecule has 0 saturated heterocycles. The molecule has 19 heavy (non-hydrogen) atoms. The van der Waals surface area contributed by atoms with Crippen molar-refractivity contribution in [3.63, 3.8) is 0 Å².